The molecule has 0 unspecified atom stereocenters. The Labute approximate surface area is 255 Å². The Bertz CT molecular complexity index is 1170. The van der Waals surface area contributed by atoms with Crippen LogP contribution in [0.2, 0.25) is 0 Å². The van der Waals surface area contributed by atoms with Crippen molar-refractivity contribution in [3.63, 3.8) is 0 Å². The topological polar surface area (TPSA) is 125 Å². The molecule has 0 fully saturated rings. The number of ketones is 1. The molecule has 2 aromatic rings. The van der Waals surface area contributed by atoms with Crippen LogP contribution >= 0.6 is 0 Å². The Kier molecular flexibility index (Phi) is 18.4. The molecule has 0 aliphatic carbocycles. The second-order valence-corrected chi connectivity index (χ2v) is 8.63. The molecule has 0 atom stereocenters. The van der Waals surface area contributed by atoms with Gasteiger partial charge in [0.25, 0.3) is 5.78 Å². The summed E-state index contributed by atoms with van der Waals surface area (Å²) < 4.78 is 107. The van der Waals surface area contributed by atoms with E-state index < -0.39 is 59.0 Å². The van der Waals surface area contributed by atoms with E-state index >= 15 is 0 Å². The molecule has 0 aromatic heterocycles. The van der Waals surface area contributed by atoms with Crippen molar-refractivity contribution in [3.05, 3.63) is 65.0 Å². The van der Waals surface area contributed by atoms with Crippen molar-refractivity contribution in [1.29, 1.82) is 0 Å². The molecule has 0 radical (unpaired) electrons. The number of hydrogen-bond donors (Lipinski definition) is 0. The van der Waals surface area contributed by atoms with Crippen LogP contribution in [-0.2, 0) is 42.7 Å². The Morgan fingerprint density at radius 2 is 0.867 bits per heavy atom. The first-order chi connectivity index (χ1) is 21.7. The predicted octanol–water partition coefficient (Wildman–Crippen LogP) is 3.20. The van der Waals surface area contributed by atoms with Crippen molar-refractivity contribution in [1.82, 2.24) is 0 Å². The lowest BCUT2D eigenvalue weighted by molar-refractivity contribution is -0.139. The van der Waals surface area contributed by atoms with E-state index in [9.17, 15) is 36.3 Å². The summed E-state index contributed by atoms with van der Waals surface area (Å²) in [6.07, 6.45) is -0.500. The molecular formula is C29H33F5O11. The van der Waals surface area contributed by atoms with Gasteiger partial charge in [-0.05, 0) is 0 Å². The van der Waals surface area contributed by atoms with E-state index in [0.29, 0.717) is 33.0 Å². The molecule has 0 bridgehead atoms. The summed E-state index contributed by atoms with van der Waals surface area (Å²) in [5, 5.41) is 0. The summed E-state index contributed by atoms with van der Waals surface area (Å²) in [5.74, 6) is -15.9. The van der Waals surface area contributed by atoms with Crippen molar-refractivity contribution in [2.75, 3.05) is 85.9 Å². The molecule has 2 aromatic carbocycles. The lowest BCUT2D eigenvalue weighted by atomic mass is 10.1. The molecule has 250 valence electrons. The Hall–Kier alpha value is -3.54. The number of halogens is 5. The number of esters is 2. The summed E-state index contributed by atoms with van der Waals surface area (Å²) >= 11 is 0. The van der Waals surface area contributed by atoms with Crippen LogP contribution in [0.1, 0.15) is 16.8 Å². The normalized spacial score (nSPS) is 11.0. The molecule has 45 heavy (non-hydrogen) atoms. The number of rotatable bonds is 24. The molecular weight excluding hydrogens is 619 g/mol. The van der Waals surface area contributed by atoms with Gasteiger partial charge in [0.15, 0.2) is 0 Å². The molecule has 0 saturated carbocycles. The Morgan fingerprint density at radius 1 is 0.489 bits per heavy atom. The maximum Gasteiger partial charge on any atom is 0.379 e. The number of carbonyl (C=O) groups is 3. The molecule has 0 heterocycles. The summed E-state index contributed by atoms with van der Waals surface area (Å²) in [5.41, 5.74) is 0.258. The van der Waals surface area contributed by atoms with Crippen LogP contribution in [0.5, 0.6) is 5.75 Å². The van der Waals surface area contributed by atoms with E-state index in [0.717, 1.165) is 0 Å². The van der Waals surface area contributed by atoms with E-state index in [1.54, 1.807) is 18.2 Å². The van der Waals surface area contributed by atoms with Crippen LogP contribution in [0.3, 0.4) is 0 Å². The fourth-order valence-electron chi connectivity index (χ4n) is 3.16. The highest BCUT2D eigenvalue weighted by Gasteiger charge is 2.28. The van der Waals surface area contributed by atoms with Gasteiger partial charge in [0, 0.05) is 5.56 Å². The fraction of sp³-hybridized carbons (Fsp3) is 0.483. The average Bonchev–Trinajstić information content (AvgIpc) is 3.05. The highest BCUT2D eigenvalue weighted by atomic mass is 19.2. The van der Waals surface area contributed by atoms with Gasteiger partial charge in [-0.15, -0.1) is 0 Å². The Morgan fingerprint density at radius 3 is 1.31 bits per heavy atom. The number of benzene rings is 2. The maximum absolute atomic E-state index is 13.5. The summed E-state index contributed by atoms with van der Waals surface area (Å²) in [6.45, 7) is 2.47. The number of ether oxygens (including phenoxy) is 8. The zero-order valence-corrected chi connectivity index (χ0v) is 24.2. The average molecular weight is 653 g/mol. The van der Waals surface area contributed by atoms with Crippen molar-refractivity contribution in [2.45, 2.75) is 6.42 Å². The first-order valence-corrected chi connectivity index (χ1v) is 13.7. The largest absolute Gasteiger partial charge is 0.457 e. The van der Waals surface area contributed by atoms with Gasteiger partial charge in [-0.1, -0.05) is 30.3 Å². The van der Waals surface area contributed by atoms with Crippen molar-refractivity contribution >= 4 is 17.7 Å². The molecule has 16 heteroatoms. The van der Waals surface area contributed by atoms with Crippen molar-refractivity contribution < 1.29 is 74.2 Å². The minimum Gasteiger partial charge on any atom is -0.457 e. The van der Waals surface area contributed by atoms with Crippen molar-refractivity contribution in [2.24, 2.45) is 0 Å². The van der Waals surface area contributed by atoms with Crippen LogP contribution in [0.4, 0.5) is 22.0 Å². The minimum absolute atomic E-state index is 0.0533. The van der Waals surface area contributed by atoms with Gasteiger partial charge in [-0.25, -0.2) is 18.0 Å². The molecule has 0 aliphatic rings. The maximum atomic E-state index is 13.5. The molecule has 0 N–H and O–H groups in total. The van der Waals surface area contributed by atoms with Crippen LogP contribution in [0.15, 0.2) is 30.3 Å². The standard InChI is InChI=1S/C29H33F5O11/c30-22-23(31)25(33)28(26(34)24(22)32)45-21(35)6-7-38-8-9-39-10-11-40-12-13-41-14-15-42-16-17-43-18-19-44-29(37)27(36)20-4-2-1-3-5-20/h1-5H,6-19H2. The van der Waals surface area contributed by atoms with E-state index in [4.69, 9.17) is 33.2 Å². The van der Waals surface area contributed by atoms with Crippen molar-refractivity contribution in [3.8, 4) is 5.75 Å². The fourth-order valence-corrected chi connectivity index (χ4v) is 3.16. The zero-order valence-electron chi connectivity index (χ0n) is 24.2. The quantitative estimate of drug-likeness (QED) is 0.0243. The smallest absolute Gasteiger partial charge is 0.379 e. The minimum atomic E-state index is -2.36. The molecule has 0 spiro atoms. The third-order valence-electron chi connectivity index (χ3n) is 5.38. The SMILES string of the molecule is O=C(CCOCCOCCOCCOCCOCCOCCOC(=O)C(=O)c1ccccc1)Oc1c(F)c(F)c(F)c(F)c1F. The molecule has 11 nitrogen and oxygen atoms in total. The lowest BCUT2D eigenvalue weighted by Crippen LogP contribution is -2.20. The van der Waals surface area contributed by atoms with Gasteiger partial charge in [0.2, 0.25) is 34.8 Å². The summed E-state index contributed by atoms with van der Waals surface area (Å²) in [7, 11) is 0. The molecule has 0 saturated heterocycles. The van der Waals surface area contributed by atoms with E-state index in [1.807, 2.05) is 0 Å². The van der Waals surface area contributed by atoms with Gasteiger partial charge in [0.05, 0.1) is 85.7 Å². The van der Waals surface area contributed by atoms with Gasteiger partial charge >= 0.3 is 11.9 Å². The van der Waals surface area contributed by atoms with Gasteiger partial charge in [-0.3, -0.25) is 9.59 Å². The highest BCUT2D eigenvalue weighted by Crippen LogP contribution is 2.29. The second-order valence-electron chi connectivity index (χ2n) is 8.63. The second kappa shape index (κ2) is 22.0. The molecule has 0 amide bonds. The first-order valence-electron chi connectivity index (χ1n) is 13.7. The number of hydrogen-bond acceptors (Lipinski definition) is 11. The van der Waals surface area contributed by atoms with E-state index in [1.165, 1.54) is 12.1 Å². The summed E-state index contributed by atoms with van der Waals surface area (Å²) in [6, 6.07) is 8.09. The van der Waals surface area contributed by atoms with Gasteiger partial charge in [0.1, 0.15) is 6.61 Å². The van der Waals surface area contributed by atoms with E-state index in [2.05, 4.69) is 4.74 Å². The lowest BCUT2D eigenvalue weighted by Gasteiger charge is -2.09. The highest BCUT2D eigenvalue weighted by molar-refractivity contribution is 6.40. The predicted molar refractivity (Wildman–Crippen MR) is 143 cm³/mol. The Balaban J connectivity index is 1.31. The monoisotopic (exact) mass is 652 g/mol. The number of Topliss-reactive ketones (excluding diaryl/α,β-unsaturated/α-hetero) is 1. The van der Waals surface area contributed by atoms with Gasteiger partial charge < -0.3 is 37.9 Å². The third-order valence-corrected chi connectivity index (χ3v) is 5.38. The number of carbonyl (C=O) groups excluding carboxylic acids is 3. The van der Waals surface area contributed by atoms with E-state index in [-0.39, 0.29) is 58.4 Å². The third kappa shape index (κ3) is 14.4. The van der Waals surface area contributed by atoms with Gasteiger partial charge in [-0.2, -0.15) is 8.78 Å². The summed E-state index contributed by atoms with van der Waals surface area (Å²) in [4.78, 5) is 35.2. The van der Waals surface area contributed by atoms with Crippen LogP contribution < -0.4 is 4.74 Å². The zero-order chi connectivity index (χ0) is 32.9. The van der Waals surface area contributed by atoms with Crippen LogP contribution in [0.25, 0.3) is 0 Å². The van der Waals surface area contributed by atoms with Crippen LogP contribution in [0, 0.1) is 29.1 Å². The molecule has 2 rings (SSSR count). The molecule has 0 aliphatic heterocycles. The van der Waals surface area contributed by atoms with Crippen LogP contribution in [-0.4, -0.2) is 104 Å². The first kappa shape index (κ1) is 37.6.